The molecule has 2 aromatic rings. The lowest BCUT2D eigenvalue weighted by Gasteiger charge is -2.18. The molecule has 1 amide bonds. The van der Waals surface area contributed by atoms with Gasteiger partial charge in [0.05, 0.1) is 18.8 Å². The largest absolute Gasteiger partial charge is 0.392 e. The van der Waals surface area contributed by atoms with E-state index in [-0.39, 0.29) is 18.6 Å². The molecule has 3 rings (SSSR count). The molecule has 0 saturated carbocycles. The molecule has 0 fully saturated rings. The molecule has 0 heterocycles. The molecule has 4 heteroatoms. The number of fused-ring (bicyclic) bond motifs is 1. The summed E-state index contributed by atoms with van der Waals surface area (Å²) in [5.41, 5.74) is 3.33. The molecule has 4 nitrogen and oxygen atoms in total. The van der Waals surface area contributed by atoms with E-state index < -0.39 is 6.10 Å². The number of nitrogens with one attached hydrogen (secondary N) is 1. The predicted octanol–water partition coefficient (Wildman–Crippen LogP) is 1.57. The zero-order chi connectivity index (χ0) is 14.8. The first-order valence-electron chi connectivity index (χ1n) is 6.95. The average molecular weight is 283 g/mol. The van der Waals surface area contributed by atoms with E-state index >= 15 is 0 Å². The van der Waals surface area contributed by atoms with Gasteiger partial charge >= 0.3 is 0 Å². The molecule has 0 aliphatic heterocycles. The zero-order valence-electron chi connectivity index (χ0n) is 11.5. The van der Waals surface area contributed by atoms with Gasteiger partial charge in [-0.3, -0.25) is 4.79 Å². The highest BCUT2D eigenvalue weighted by Gasteiger charge is 2.31. The van der Waals surface area contributed by atoms with Crippen LogP contribution in [0.4, 0.5) is 0 Å². The minimum absolute atomic E-state index is 0.0450. The maximum atomic E-state index is 12.3. The molecular weight excluding hydrogens is 266 g/mol. The molecular formula is C17H17NO3. The van der Waals surface area contributed by atoms with Crippen molar-refractivity contribution >= 4 is 5.91 Å². The second kappa shape index (κ2) is 5.68. The van der Waals surface area contributed by atoms with Gasteiger partial charge in [-0.05, 0) is 28.8 Å². The summed E-state index contributed by atoms with van der Waals surface area (Å²) in [6.45, 7) is -0.0450. The second-order valence-corrected chi connectivity index (χ2v) is 5.28. The van der Waals surface area contributed by atoms with Crippen LogP contribution in [-0.4, -0.2) is 22.2 Å². The van der Waals surface area contributed by atoms with Gasteiger partial charge in [-0.2, -0.15) is 0 Å². The maximum Gasteiger partial charge on any atom is 0.251 e. The van der Waals surface area contributed by atoms with Gasteiger partial charge in [0.1, 0.15) is 0 Å². The van der Waals surface area contributed by atoms with Gasteiger partial charge in [0.25, 0.3) is 5.91 Å². The van der Waals surface area contributed by atoms with Crippen molar-refractivity contribution in [2.45, 2.75) is 25.2 Å². The fraction of sp³-hybridized carbons (Fsp3) is 0.235. The van der Waals surface area contributed by atoms with E-state index in [1.54, 1.807) is 24.3 Å². The van der Waals surface area contributed by atoms with Crippen LogP contribution in [-0.2, 0) is 13.0 Å². The number of benzene rings is 2. The van der Waals surface area contributed by atoms with Crippen LogP contribution in [0.3, 0.4) is 0 Å². The van der Waals surface area contributed by atoms with Crippen LogP contribution in [0.15, 0.2) is 48.5 Å². The summed E-state index contributed by atoms with van der Waals surface area (Å²) < 4.78 is 0. The lowest BCUT2D eigenvalue weighted by molar-refractivity contribution is 0.0858. The number of aliphatic hydroxyl groups is 2. The van der Waals surface area contributed by atoms with Crippen LogP contribution in [0, 0.1) is 0 Å². The molecule has 0 saturated heterocycles. The molecule has 1 aliphatic carbocycles. The minimum atomic E-state index is -0.594. The monoisotopic (exact) mass is 283 g/mol. The highest BCUT2D eigenvalue weighted by Crippen LogP contribution is 2.31. The van der Waals surface area contributed by atoms with Crippen molar-refractivity contribution in [2.75, 3.05) is 0 Å². The molecule has 0 bridgehead atoms. The van der Waals surface area contributed by atoms with Crippen molar-refractivity contribution in [1.82, 2.24) is 5.32 Å². The standard InChI is InChI=1S/C17H17NO3/c19-10-11-5-7-12(8-6-11)17(21)18-16-14-4-2-1-3-13(14)9-15(16)20/h1-8,15-16,19-20H,9-10H2,(H,18,21)/t15-,16+/m0/s1. The molecule has 108 valence electrons. The predicted molar refractivity (Wildman–Crippen MR) is 78.7 cm³/mol. The van der Waals surface area contributed by atoms with Gasteiger partial charge in [0.15, 0.2) is 0 Å². The first kappa shape index (κ1) is 13.8. The quantitative estimate of drug-likeness (QED) is 0.801. The summed E-state index contributed by atoms with van der Waals surface area (Å²) in [6.07, 6.45) is -0.0343. The normalized spacial score (nSPS) is 20.1. The first-order chi connectivity index (χ1) is 10.2. The third-order valence-corrected chi connectivity index (χ3v) is 3.89. The smallest absolute Gasteiger partial charge is 0.251 e. The summed E-state index contributed by atoms with van der Waals surface area (Å²) in [4.78, 5) is 12.3. The van der Waals surface area contributed by atoms with Crippen molar-refractivity contribution in [3.05, 3.63) is 70.8 Å². The molecule has 0 unspecified atom stereocenters. The van der Waals surface area contributed by atoms with E-state index in [0.717, 1.165) is 16.7 Å². The summed E-state index contributed by atoms with van der Waals surface area (Å²) in [5.74, 6) is -0.222. The van der Waals surface area contributed by atoms with Crippen molar-refractivity contribution in [3.63, 3.8) is 0 Å². The maximum absolute atomic E-state index is 12.3. The van der Waals surface area contributed by atoms with E-state index in [1.807, 2.05) is 24.3 Å². The fourth-order valence-electron chi connectivity index (χ4n) is 2.73. The van der Waals surface area contributed by atoms with Crippen LogP contribution in [0.2, 0.25) is 0 Å². The Balaban J connectivity index is 1.78. The van der Waals surface area contributed by atoms with Crippen molar-refractivity contribution in [2.24, 2.45) is 0 Å². The third-order valence-electron chi connectivity index (χ3n) is 3.89. The zero-order valence-corrected chi connectivity index (χ0v) is 11.5. The number of amides is 1. The van der Waals surface area contributed by atoms with Gasteiger partial charge in [0, 0.05) is 12.0 Å². The van der Waals surface area contributed by atoms with Crippen LogP contribution in [0.25, 0.3) is 0 Å². The van der Waals surface area contributed by atoms with E-state index in [4.69, 9.17) is 5.11 Å². The Kier molecular flexibility index (Phi) is 3.73. The molecule has 0 spiro atoms. The number of carbonyl (C=O) groups is 1. The van der Waals surface area contributed by atoms with Gasteiger partial charge < -0.3 is 15.5 Å². The van der Waals surface area contributed by atoms with Gasteiger partial charge in [-0.25, -0.2) is 0 Å². The fourth-order valence-corrected chi connectivity index (χ4v) is 2.73. The number of hydrogen-bond donors (Lipinski definition) is 3. The molecule has 2 atom stereocenters. The van der Waals surface area contributed by atoms with E-state index in [9.17, 15) is 9.90 Å². The second-order valence-electron chi connectivity index (χ2n) is 5.28. The van der Waals surface area contributed by atoms with Crippen molar-refractivity contribution in [3.8, 4) is 0 Å². The van der Waals surface area contributed by atoms with Crippen LogP contribution < -0.4 is 5.32 Å². The molecule has 21 heavy (non-hydrogen) atoms. The summed E-state index contributed by atoms with van der Waals surface area (Å²) in [6, 6.07) is 14.2. The Labute approximate surface area is 123 Å². The topological polar surface area (TPSA) is 69.6 Å². The molecule has 3 N–H and O–H groups in total. The molecule has 1 aliphatic rings. The van der Waals surface area contributed by atoms with E-state index in [2.05, 4.69) is 5.32 Å². The lowest BCUT2D eigenvalue weighted by Crippen LogP contribution is -2.33. The van der Waals surface area contributed by atoms with Crippen molar-refractivity contribution in [1.29, 1.82) is 0 Å². The lowest BCUT2D eigenvalue weighted by atomic mass is 10.1. The highest BCUT2D eigenvalue weighted by molar-refractivity contribution is 5.94. The SMILES string of the molecule is O=C(N[C@@H]1c2ccccc2C[C@@H]1O)c1ccc(CO)cc1. The summed E-state index contributed by atoms with van der Waals surface area (Å²) >= 11 is 0. The first-order valence-corrected chi connectivity index (χ1v) is 6.95. The number of aliphatic hydroxyl groups excluding tert-OH is 2. The molecule has 2 aromatic carbocycles. The number of carbonyl (C=O) groups excluding carboxylic acids is 1. The summed E-state index contributed by atoms with van der Waals surface area (Å²) in [7, 11) is 0. The Hall–Kier alpha value is -2.17. The number of hydrogen-bond acceptors (Lipinski definition) is 3. The Morgan fingerprint density at radius 2 is 1.86 bits per heavy atom. The highest BCUT2D eigenvalue weighted by atomic mass is 16.3. The van der Waals surface area contributed by atoms with Crippen LogP contribution in [0.5, 0.6) is 0 Å². The average Bonchev–Trinajstić information content (AvgIpc) is 2.83. The molecule has 0 aromatic heterocycles. The number of rotatable bonds is 3. The van der Waals surface area contributed by atoms with Crippen LogP contribution in [0.1, 0.15) is 33.1 Å². The van der Waals surface area contributed by atoms with E-state index in [1.165, 1.54) is 0 Å². The van der Waals surface area contributed by atoms with Crippen molar-refractivity contribution < 1.29 is 15.0 Å². The van der Waals surface area contributed by atoms with E-state index in [0.29, 0.717) is 12.0 Å². The van der Waals surface area contributed by atoms with Gasteiger partial charge in [-0.15, -0.1) is 0 Å². The van der Waals surface area contributed by atoms with Gasteiger partial charge in [0.2, 0.25) is 0 Å². The van der Waals surface area contributed by atoms with Crippen LogP contribution >= 0.6 is 0 Å². The minimum Gasteiger partial charge on any atom is -0.392 e. The Morgan fingerprint density at radius 1 is 1.14 bits per heavy atom. The third kappa shape index (κ3) is 2.68. The Bertz CT molecular complexity index is 651. The summed E-state index contributed by atoms with van der Waals surface area (Å²) in [5, 5.41) is 22.0. The molecule has 0 radical (unpaired) electrons. The van der Waals surface area contributed by atoms with Gasteiger partial charge in [-0.1, -0.05) is 36.4 Å². The Morgan fingerprint density at radius 3 is 2.57 bits per heavy atom.